The first-order valence-electron chi connectivity index (χ1n) is 7.78. The Morgan fingerprint density at radius 1 is 1.09 bits per heavy atom. The van der Waals surface area contributed by atoms with Gasteiger partial charge >= 0.3 is 6.18 Å². The van der Waals surface area contributed by atoms with Crippen LogP contribution < -0.4 is 0 Å². The average Bonchev–Trinajstić information content (AvgIpc) is 2.51. The molecule has 1 fully saturated rings. The molecule has 0 radical (unpaired) electrons. The molecule has 1 aliphatic rings. The predicted molar refractivity (Wildman–Crippen MR) is 83.2 cm³/mol. The van der Waals surface area contributed by atoms with E-state index in [4.69, 9.17) is 0 Å². The SMILES string of the molecule is C=CCCC1CCC(C#Cc2ccc(C(F)(F)F)cc2)CC1. The van der Waals surface area contributed by atoms with Crippen LogP contribution in [0.4, 0.5) is 13.2 Å². The van der Waals surface area contributed by atoms with Crippen molar-refractivity contribution in [2.45, 2.75) is 44.7 Å². The van der Waals surface area contributed by atoms with E-state index in [1.807, 2.05) is 6.08 Å². The maximum atomic E-state index is 12.5. The lowest BCUT2D eigenvalue weighted by Crippen LogP contribution is -2.13. The van der Waals surface area contributed by atoms with Crippen molar-refractivity contribution in [1.82, 2.24) is 0 Å². The molecule has 0 nitrogen and oxygen atoms in total. The summed E-state index contributed by atoms with van der Waals surface area (Å²) in [5, 5.41) is 0. The Bertz CT molecular complexity index is 535. The molecule has 118 valence electrons. The van der Waals surface area contributed by atoms with Crippen molar-refractivity contribution < 1.29 is 13.2 Å². The van der Waals surface area contributed by atoms with Crippen LogP contribution >= 0.6 is 0 Å². The second-order valence-corrected chi connectivity index (χ2v) is 5.93. The number of allylic oxidation sites excluding steroid dienone is 1. The van der Waals surface area contributed by atoms with Crippen LogP contribution in [0.3, 0.4) is 0 Å². The zero-order valence-electron chi connectivity index (χ0n) is 12.6. The first kappa shape index (κ1) is 16.7. The second-order valence-electron chi connectivity index (χ2n) is 5.93. The minimum atomic E-state index is -4.28. The molecule has 0 atom stereocenters. The van der Waals surface area contributed by atoms with Crippen LogP contribution in [0.2, 0.25) is 0 Å². The zero-order chi connectivity index (χ0) is 16.0. The van der Waals surface area contributed by atoms with E-state index in [2.05, 4.69) is 18.4 Å². The molecule has 0 unspecified atom stereocenters. The predicted octanol–water partition coefficient (Wildman–Crippen LogP) is 5.83. The van der Waals surface area contributed by atoms with Gasteiger partial charge in [0.25, 0.3) is 0 Å². The van der Waals surface area contributed by atoms with Gasteiger partial charge in [0.1, 0.15) is 0 Å². The maximum absolute atomic E-state index is 12.5. The van der Waals surface area contributed by atoms with E-state index in [1.165, 1.54) is 31.4 Å². The second kappa shape index (κ2) is 7.54. The summed E-state index contributed by atoms with van der Waals surface area (Å²) in [6.07, 6.45) is 4.55. The molecule has 1 saturated carbocycles. The molecule has 0 spiro atoms. The molecule has 0 saturated heterocycles. The van der Waals surface area contributed by atoms with Crippen LogP contribution in [0, 0.1) is 23.7 Å². The summed E-state index contributed by atoms with van der Waals surface area (Å²) < 4.78 is 37.4. The molecule has 22 heavy (non-hydrogen) atoms. The van der Waals surface area contributed by atoms with Crippen molar-refractivity contribution in [3.63, 3.8) is 0 Å². The monoisotopic (exact) mass is 306 g/mol. The third-order valence-corrected chi connectivity index (χ3v) is 4.26. The minimum Gasteiger partial charge on any atom is -0.166 e. The Balaban J connectivity index is 1.88. The summed E-state index contributed by atoms with van der Waals surface area (Å²) in [6.45, 7) is 3.75. The Labute approximate surface area is 130 Å². The fraction of sp³-hybridized carbons (Fsp3) is 0.474. The van der Waals surface area contributed by atoms with Gasteiger partial charge in [-0.25, -0.2) is 0 Å². The van der Waals surface area contributed by atoms with Gasteiger partial charge in [0, 0.05) is 11.5 Å². The van der Waals surface area contributed by atoms with E-state index in [0.29, 0.717) is 11.5 Å². The molecule has 0 amide bonds. The van der Waals surface area contributed by atoms with Gasteiger partial charge < -0.3 is 0 Å². The molecule has 2 rings (SSSR count). The molecule has 0 heterocycles. The van der Waals surface area contributed by atoms with Crippen LogP contribution in [0.15, 0.2) is 36.9 Å². The van der Waals surface area contributed by atoms with E-state index in [-0.39, 0.29) is 0 Å². The van der Waals surface area contributed by atoms with Crippen LogP contribution in [-0.2, 0) is 6.18 Å². The first-order valence-corrected chi connectivity index (χ1v) is 7.78. The van der Waals surface area contributed by atoms with Gasteiger partial charge in [-0.3, -0.25) is 0 Å². The number of rotatable bonds is 3. The molecule has 0 N–H and O–H groups in total. The first-order chi connectivity index (χ1) is 10.5. The van der Waals surface area contributed by atoms with Gasteiger partial charge in [0.05, 0.1) is 5.56 Å². The van der Waals surface area contributed by atoms with Crippen molar-refractivity contribution in [2.75, 3.05) is 0 Å². The highest BCUT2D eigenvalue weighted by Crippen LogP contribution is 2.31. The van der Waals surface area contributed by atoms with Crippen molar-refractivity contribution in [1.29, 1.82) is 0 Å². The van der Waals surface area contributed by atoms with Crippen LogP contribution in [0.5, 0.6) is 0 Å². The van der Waals surface area contributed by atoms with E-state index in [1.54, 1.807) is 0 Å². The Morgan fingerprint density at radius 3 is 2.27 bits per heavy atom. The summed E-state index contributed by atoms with van der Waals surface area (Å²) in [4.78, 5) is 0. The van der Waals surface area contributed by atoms with Gasteiger partial charge in [0.2, 0.25) is 0 Å². The third kappa shape index (κ3) is 4.94. The van der Waals surface area contributed by atoms with Crippen molar-refractivity contribution >= 4 is 0 Å². The number of hydrogen-bond acceptors (Lipinski definition) is 0. The Hall–Kier alpha value is -1.69. The Kier molecular flexibility index (Phi) is 5.71. The summed E-state index contributed by atoms with van der Waals surface area (Å²) >= 11 is 0. The van der Waals surface area contributed by atoms with Crippen molar-refractivity contribution in [2.24, 2.45) is 11.8 Å². The quantitative estimate of drug-likeness (QED) is 0.487. The van der Waals surface area contributed by atoms with Crippen LogP contribution in [0.1, 0.15) is 49.7 Å². The van der Waals surface area contributed by atoms with Gasteiger partial charge in [0.15, 0.2) is 0 Å². The lowest BCUT2D eigenvalue weighted by atomic mass is 9.80. The fourth-order valence-corrected chi connectivity index (χ4v) is 2.88. The molecule has 3 heteroatoms. The summed E-state index contributed by atoms with van der Waals surface area (Å²) in [5.41, 5.74) is 0.0301. The molecular formula is C19H21F3. The molecule has 0 aromatic heterocycles. The summed E-state index contributed by atoms with van der Waals surface area (Å²) in [7, 11) is 0. The zero-order valence-corrected chi connectivity index (χ0v) is 12.6. The van der Waals surface area contributed by atoms with Gasteiger partial charge in [-0.1, -0.05) is 17.9 Å². The smallest absolute Gasteiger partial charge is 0.166 e. The highest BCUT2D eigenvalue weighted by molar-refractivity contribution is 5.37. The van der Waals surface area contributed by atoms with E-state index < -0.39 is 11.7 Å². The Morgan fingerprint density at radius 2 is 1.73 bits per heavy atom. The van der Waals surface area contributed by atoms with E-state index in [9.17, 15) is 13.2 Å². The lowest BCUT2D eigenvalue weighted by molar-refractivity contribution is -0.137. The number of hydrogen-bond donors (Lipinski definition) is 0. The number of halogens is 3. The third-order valence-electron chi connectivity index (χ3n) is 4.26. The maximum Gasteiger partial charge on any atom is 0.416 e. The van der Waals surface area contributed by atoms with Crippen molar-refractivity contribution in [3.8, 4) is 11.8 Å². The summed E-state index contributed by atoms with van der Waals surface area (Å²) in [6, 6.07) is 5.09. The van der Waals surface area contributed by atoms with Gasteiger partial charge in [-0.15, -0.1) is 6.58 Å². The molecular weight excluding hydrogens is 285 g/mol. The largest absolute Gasteiger partial charge is 0.416 e. The van der Waals surface area contributed by atoms with Crippen LogP contribution in [-0.4, -0.2) is 0 Å². The topological polar surface area (TPSA) is 0 Å². The fourth-order valence-electron chi connectivity index (χ4n) is 2.88. The molecule has 0 aliphatic heterocycles. The lowest BCUT2D eigenvalue weighted by Gasteiger charge is -2.25. The standard InChI is InChI=1S/C19H21F3/c1-2-3-4-15-5-7-16(8-6-15)9-10-17-11-13-18(14-12-17)19(20,21)22/h2,11-16H,1,3-8H2. The van der Waals surface area contributed by atoms with E-state index >= 15 is 0 Å². The highest BCUT2D eigenvalue weighted by atomic mass is 19.4. The van der Waals surface area contributed by atoms with Gasteiger partial charge in [-0.05, 0) is 68.7 Å². The molecule has 1 aromatic rings. The number of benzene rings is 1. The number of alkyl halides is 3. The highest BCUT2D eigenvalue weighted by Gasteiger charge is 2.29. The summed E-state index contributed by atoms with van der Waals surface area (Å²) in [5.74, 6) is 7.40. The average molecular weight is 306 g/mol. The molecule has 1 aromatic carbocycles. The normalized spacial score (nSPS) is 21.8. The molecule has 1 aliphatic carbocycles. The molecule has 0 bridgehead atoms. The van der Waals surface area contributed by atoms with Crippen LogP contribution in [0.25, 0.3) is 0 Å². The van der Waals surface area contributed by atoms with Crippen molar-refractivity contribution in [3.05, 3.63) is 48.0 Å². The van der Waals surface area contributed by atoms with Gasteiger partial charge in [-0.2, -0.15) is 13.2 Å². The van der Waals surface area contributed by atoms with E-state index in [0.717, 1.165) is 37.3 Å². The minimum absolute atomic E-state index is 0.377.